The van der Waals surface area contributed by atoms with E-state index < -0.39 is 5.91 Å². The second-order valence-corrected chi connectivity index (χ2v) is 4.75. The molecule has 0 fully saturated rings. The van der Waals surface area contributed by atoms with Crippen LogP contribution in [-0.4, -0.2) is 36.1 Å². The molecule has 23 heavy (non-hydrogen) atoms. The van der Waals surface area contributed by atoms with E-state index in [1.807, 2.05) is 6.07 Å². The van der Waals surface area contributed by atoms with Crippen molar-refractivity contribution in [3.63, 3.8) is 0 Å². The number of aromatic nitrogens is 2. The molecule has 0 saturated carbocycles. The molecule has 0 aliphatic carbocycles. The molecule has 0 unspecified atom stereocenters. The van der Waals surface area contributed by atoms with Crippen LogP contribution in [0.15, 0.2) is 30.3 Å². The van der Waals surface area contributed by atoms with Gasteiger partial charge in [0.1, 0.15) is 11.8 Å². The number of carbonyl (C=O) groups is 1. The van der Waals surface area contributed by atoms with E-state index in [4.69, 9.17) is 10.00 Å². The fourth-order valence-corrected chi connectivity index (χ4v) is 1.90. The van der Waals surface area contributed by atoms with Crippen molar-refractivity contribution in [1.29, 1.82) is 5.26 Å². The number of anilines is 2. The van der Waals surface area contributed by atoms with Gasteiger partial charge >= 0.3 is 0 Å². The third kappa shape index (κ3) is 4.49. The first-order valence-electron chi connectivity index (χ1n) is 7.03. The lowest BCUT2D eigenvalue weighted by Crippen LogP contribution is -2.17. The van der Waals surface area contributed by atoms with Crippen LogP contribution in [0.25, 0.3) is 0 Å². The third-order valence-electron chi connectivity index (χ3n) is 2.97. The van der Waals surface area contributed by atoms with Crippen LogP contribution in [-0.2, 0) is 4.74 Å². The number of nitrogens with zero attached hydrogens (tertiary/aromatic N) is 3. The standard InChI is InChI=1S/C16H17N5O2/c1-11-9-14(21-16(19-11)18-7-8-23-2)15(22)20-13-6-4-3-5-12(13)10-17/h3-6,9H,7-8H2,1-2H3,(H,20,22)(H,18,19,21). The molecule has 1 aromatic carbocycles. The molecule has 1 aromatic heterocycles. The minimum atomic E-state index is -0.395. The highest BCUT2D eigenvalue weighted by Crippen LogP contribution is 2.15. The number of benzene rings is 1. The van der Waals surface area contributed by atoms with Gasteiger partial charge in [-0.05, 0) is 25.1 Å². The van der Waals surface area contributed by atoms with Crippen LogP contribution in [0.4, 0.5) is 11.6 Å². The highest BCUT2D eigenvalue weighted by Gasteiger charge is 2.12. The molecule has 7 nitrogen and oxygen atoms in total. The quantitative estimate of drug-likeness (QED) is 0.791. The molecular weight excluding hydrogens is 294 g/mol. The number of amides is 1. The van der Waals surface area contributed by atoms with Crippen molar-refractivity contribution in [2.45, 2.75) is 6.92 Å². The molecule has 7 heteroatoms. The predicted molar refractivity (Wildman–Crippen MR) is 86.2 cm³/mol. The number of hydrogen-bond acceptors (Lipinski definition) is 6. The second kappa shape index (κ2) is 7.87. The number of nitriles is 1. The molecule has 0 radical (unpaired) electrons. The Balaban J connectivity index is 2.17. The summed E-state index contributed by atoms with van der Waals surface area (Å²) in [6, 6.07) is 10.4. The van der Waals surface area contributed by atoms with Crippen molar-refractivity contribution < 1.29 is 9.53 Å². The maximum absolute atomic E-state index is 12.4. The largest absolute Gasteiger partial charge is 0.383 e. The Kier molecular flexibility index (Phi) is 5.61. The zero-order chi connectivity index (χ0) is 16.7. The second-order valence-electron chi connectivity index (χ2n) is 4.75. The maximum Gasteiger partial charge on any atom is 0.274 e. The molecule has 2 N–H and O–H groups in total. The molecule has 0 atom stereocenters. The predicted octanol–water partition coefficient (Wildman–Crippen LogP) is 1.97. The smallest absolute Gasteiger partial charge is 0.274 e. The average Bonchev–Trinajstić information content (AvgIpc) is 2.55. The fraction of sp³-hybridized carbons (Fsp3) is 0.250. The topological polar surface area (TPSA) is 99.9 Å². The number of aryl methyl sites for hydroxylation is 1. The highest BCUT2D eigenvalue weighted by atomic mass is 16.5. The van der Waals surface area contributed by atoms with E-state index in [0.29, 0.717) is 36.0 Å². The van der Waals surface area contributed by atoms with Gasteiger partial charge in [-0.25, -0.2) is 9.97 Å². The highest BCUT2D eigenvalue weighted by molar-refractivity contribution is 6.03. The van der Waals surface area contributed by atoms with E-state index in [0.717, 1.165) is 0 Å². The molecule has 118 valence electrons. The van der Waals surface area contributed by atoms with Gasteiger partial charge in [0.2, 0.25) is 5.95 Å². The molecule has 0 bridgehead atoms. The Bertz CT molecular complexity index is 739. The maximum atomic E-state index is 12.4. The number of para-hydroxylation sites is 1. The van der Waals surface area contributed by atoms with E-state index in [-0.39, 0.29) is 5.69 Å². The van der Waals surface area contributed by atoms with Gasteiger partial charge in [-0.15, -0.1) is 0 Å². The summed E-state index contributed by atoms with van der Waals surface area (Å²) >= 11 is 0. The Morgan fingerprint density at radius 1 is 1.35 bits per heavy atom. The Labute approximate surface area is 134 Å². The fourth-order valence-electron chi connectivity index (χ4n) is 1.90. The lowest BCUT2D eigenvalue weighted by Gasteiger charge is -2.09. The summed E-state index contributed by atoms with van der Waals surface area (Å²) in [5.41, 5.74) is 1.74. The molecule has 2 aromatic rings. The van der Waals surface area contributed by atoms with Crippen molar-refractivity contribution in [2.24, 2.45) is 0 Å². The first-order chi connectivity index (χ1) is 11.1. The Morgan fingerprint density at radius 2 is 2.13 bits per heavy atom. The minimum absolute atomic E-state index is 0.227. The summed E-state index contributed by atoms with van der Waals surface area (Å²) in [4.78, 5) is 20.8. The van der Waals surface area contributed by atoms with E-state index in [1.165, 1.54) is 0 Å². The number of rotatable bonds is 6. The zero-order valence-corrected chi connectivity index (χ0v) is 13.0. The van der Waals surface area contributed by atoms with Crippen LogP contribution in [0.2, 0.25) is 0 Å². The van der Waals surface area contributed by atoms with Gasteiger partial charge in [0.25, 0.3) is 5.91 Å². The molecule has 1 amide bonds. The Morgan fingerprint density at radius 3 is 2.87 bits per heavy atom. The van der Waals surface area contributed by atoms with Crippen LogP contribution in [0.1, 0.15) is 21.7 Å². The first-order valence-corrected chi connectivity index (χ1v) is 7.03. The van der Waals surface area contributed by atoms with E-state index in [2.05, 4.69) is 20.6 Å². The van der Waals surface area contributed by atoms with Gasteiger partial charge < -0.3 is 15.4 Å². The lowest BCUT2D eigenvalue weighted by atomic mass is 10.2. The number of carbonyl (C=O) groups excluding carboxylic acids is 1. The lowest BCUT2D eigenvalue weighted by molar-refractivity contribution is 0.102. The van der Waals surface area contributed by atoms with Crippen LogP contribution in [0, 0.1) is 18.3 Å². The first kappa shape index (κ1) is 16.4. The SMILES string of the molecule is COCCNc1nc(C)cc(C(=O)Nc2ccccc2C#N)n1. The van der Waals surface area contributed by atoms with E-state index >= 15 is 0 Å². The van der Waals surface area contributed by atoms with Crippen LogP contribution in [0.3, 0.4) is 0 Å². The van der Waals surface area contributed by atoms with Crippen LogP contribution < -0.4 is 10.6 Å². The summed E-state index contributed by atoms with van der Waals surface area (Å²) in [7, 11) is 1.60. The van der Waals surface area contributed by atoms with Gasteiger partial charge in [0.15, 0.2) is 0 Å². The van der Waals surface area contributed by atoms with Crippen molar-refractivity contribution in [3.05, 3.63) is 47.3 Å². The number of ether oxygens (including phenoxy) is 1. The number of nitrogens with one attached hydrogen (secondary N) is 2. The van der Waals surface area contributed by atoms with E-state index in [9.17, 15) is 4.79 Å². The third-order valence-corrected chi connectivity index (χ3v) is 2.97. The van der Waals surface area contributed by atoms with Gasteiger partial charge in [-0.1, -0.05) is 12.1 Å². The molecule has 0 saturated heterocycles. The van der Waals surface area contributed by atoms with Crippen molar-refractivity contribution in [1.82, 2.24) is 9.97 Å². The summed E-state index contributed by atoms with van der Waals surface area (Å²) in [5, 5.41) is 14.7. The minimum Gasteiger partial charge on any atom is -0.383 e. The molecule has 2 rings (SSSR count). The van der Waals surface area contributed by atoms with Crippen molar-refractivity contribution >= 4 is 17.5 Å². The number of hydrogen-bond donors (Lipinski definition) is 2. The Hall–Kier alpha value is -2.98. The zero-order valence-electron chi connectivity index (χ0n) is 13.0. The van der Waals surface area contributed by atoms with Crippen molar-refractivity contribution in [3.8, 4) is 6.07 Å². The summed E-state index contributed by atoms with van der Waals surface area (Å²) in [6.07, 6.45) is 0. The van der Waals surface area contributed by atoms with Gasteiger partial charge in [0, 0.05) is 19.3 Å². The van der Waals surface area contributed by atoms with Gasteiger partial charge in [-0.3, -0.25) is 4.79 Å². The van der Waals surface area contributed by atoms with Gasteiger partial charge in [-0.2, -0.15) is 5.26 Å². The van der Waals surface area contributed by atoms with Crippen LogP contribution >= 0.6 is 0 Å². The molecule has 0 aliphatic heterocycles. The monoisotopic (exact) mass is 311 g/mol. The molecular formula is C16H17N5O2. The molecule has 0 spiro atoms. The average molecular weight is 311 g/mol. The van der Waals surface area contributed by atoms with Crippen LogP contribution in [0.5, 0.6) is 0 Å². The summed E-state index contributed by atoms with van der Waals surface area (Å²) < 4.78 is 4.95. The van der Waals surface area contributed by atoms with Crippen molar-refractivity contribution in [2.75, 3.05) is 30.9 Å². The normalized spacial score (nSPS) is 9.96. The molecule has 0 aliphatic rings. The molecule has 1 heterocycles. The number of methoxy groups -OCH3 is 1. The summed E-state index contributed by atoms with van der Waals surface area (Å²) in [5.74, 6) is -0.0336. The van der Waals surface area contributed by atoms with E-state index in [1.54, 1.807) is 44.4 Å². The summed E-state index contributed by atoms with van der Waals surface area (Å²) in [6.45, 7) is 2.83. The van der Waals surface area contributed by atoms with Gasteiger partial charge in [0.05, 0.1) is 17.9 Å².